The minimum atomic E-state index is -0.528. The standard InChI is InChI=1S/C15H11BrCl2N2O2S/c16-9-1-4-11(5-2-9)23-8-14(21)19-20-15(22)12-7-10(17)3-6-13(12)18/h1-7H,8H2,(H,19,21)(H,20,22). The number of hydrogen-bond acceptors (Lipinski definition) is 3. The van der Waals surface area contributed by atoms with Crippen LogP contribution in [0.2, 0.25) is 10.0 Å². The summed E-state index contributed by atoms with van der Waals surface area (Å²) in [5.41, 5.74) is 4.84. The van der Waals surface area contributed by atoms with E-state index in [4.69, 9.17) is 23.2 Å². The van der Waals surface area contributed by atoms with E-state index in [2.05, 4.69) is 26.8 Å². The van der Waals surface area contributed by atoms with Gasteiger partial charge in [0.25, 0.3) is 5.91 Å². The van der Waals surface area contributed by atoms with Crippen LogP contribution in [0, 0.1) is 0 Å². The summed E-state index contributed by atoms with van der Waals surface area (Å²) in [4.78, 5) is 24.7. The number of carbonyl (C=O) groups is 2. The number of carbonyl (C=O) groups excluding carboxylic acids is 2. The van der Waals surface area contributed by atoms with E-state index in [1.54, 1.807) is 6.07 Å². The Hall–Kier alpha value is -1.21. The van der Waals surface area contributed by atoms with E-state index in [0.717, 1.165) is 9.37 Å². The van der Waals surface area contributed by atoms with Gasteiger partial charge in [-0.05, 0) is 42.5 Å². The molecule has 8 heteroatoms. The fourth-order valence-corrected chi connectivity index (χ4v) is 2.92. The van der Waals surface area contributed by atoms with Gasteiger partial charge in [-0.1, -0.05) is 39.1 Å². The average molecular weight is 434 g/mol. The molecule has 0 saturated carbocycles. The molecule has 0 fully saturated rings. The predicted molar refractivity (Wildman–Crippen MR) is 96.9 cm³/mol. The number of halogens is 3. The van der Waals surface area contributed by atoms with E-state index < -0.39 is 5.91 Å². The predicted octanol–water partition coefficient (Wildman–Crippen LogP) is 4.31. The number of rotatable bonds is 4. The van der Waals surface area contributed by atoms with Gasteiger partial charge in [0, 0.05) is 14.4 Å². The first-order chi connectivity index (χ1) is 11.0. The molecule has 23 heavy (non-hydrogen) atoms. The highest BCUT2D eigenvalue weighted by molar-refractivity contribution is 9.10. The molecule has 0 aromatic heterocycles. The van der Waals surface area contributed by atoms with Crippen LogP contribution in [0.5, 0.6) is 0 Å². The normalized spacial score (nSPS) is 10.2. The molecule has 2 aromatic rings. The Morgan fingerprint density at radius 2 is 1.74 bits per heavy atom. The van der Waals surface area contributed by atoms with Crippen LogP contribution in [0.1, 0.15) is 10.4 Å². The molecule has 0 aliphatic rings. The monoisotopic (exact) mass is 432 g/mol. The molecular formula is C15H11BrCl2N2O2S. The summed E-state index contributed by atoms with van der Waals surface area (Å²) in [6.45, 7) is 0. The third kappa shape index (κ3) is 5.73. The minimum absolute atomic E-state index is 0.172. The van der Waals surface area contributed by atoms with Crippen LogP contribution < -0.4 is 10.9 Å². The van der Waals surface area contributed by atoms with Gasteiger partial charge in [0.2, 0.25) is 5.91 Å². The van der Waals surface area contributed by atoms with Crippen molar-refractivity contribution in [2.75, 3.05) is 5.75 Å². The summed E-state index contributed by atoms with van der Waals surface area (Å²) in [5, 5.41) is 0.641. The lowest BCUT2D eigenvalue weighted by molar-refractivity contribution is -0.119. The molecule has 0 heterocycles. The molecule has 0 aliphatic heterocycles. The smallest absolute Gasteiger partial charge is 0.271 e. The zero-order valence-electron chi connectivity index (χ0n) is 11.6. The van der Waals surface area contributed by atoms with E-state index in [1.807, 2.05) is 24.3 Å². The van der Waals surface area contributed by atoms with E-state index in [9.17, 15) is 9.59 Å². The third-order valence-corrected chi connectivity index (χ3v) is 4.78. The first-order valence-corrected chi connectivity index (χ1v) is 8.92. The molecule has 0 bridgehead atoms. The molecule has 0 aliphatic carbocycles. The molecule has 0 radical (unpaired) electrons. The summed E-state index contributed by atoms with van der Waals surface area (Å²) in [7, 11) is 0. The Kier molecular flexibility index (Phi) is 6.77. The van der Waals surface area contributed by atoms with Crippen LogP contribution in [-0.4, -0.2) is 17.6 Å². The second kappa shape index (κ2) is 8.59. The van der Waals surface area contributed by atoms with Gasteiger partial charge in [0.15, 0.2) is 0 Å². The number of hydrogen-bond donors (Lipinski definition) is 2. The summed E-state index contributed by atoms with van der Waals surface area (Å²) in [6.07, 6.45) is 0. The second-order valence-corrected chi connectivity index (χ2v) is 7.18. The van der Waals surface area contributed by atoms with Crippen molar-refractivity contribution in [2.45, 2.75) is 4.90 Å². The zero-order valence-corrected chi connectivity index (χ0v) is 15.5. The van der Waals surface area contributed by atoms with Gasteiger partial charge in [0.1, 0.15) is 0 Å². The average Bonchev–Trinajstić information content (AvgIpc) is 2.54. The molecule has 0 spiro atoms. The Morgan fingerprint density at radius 3 is 2.43 bits per heavy atom. The third-order valence-electron chi connectivity index (χ3n) is 2.67. The topological polar surface area (TPSA) is 58.2 Å². The van der Waals surface area contributed by atoms with Crippen molar-refractivity contribution in [2.24, 2.45) is 0 Å². The lowest BCUT2D eigenvalue weighted by Crippen LogP contribution is -2.42. The van der Waals surface area contributed by atoms with E-state index in [1.165, 1.54) is 23.9 Å². The lowest BCUT2D eigenvalue weighted by Gasteiger charge is -2.08. The summed E-state index contributed by atoms with van der Waals surface area (Å²) >= 11 is 16.4. The van der Waals surface area contributed by atoms with Crippen LogP contribution in [0.3, 0.4) is 0 Å². The van der Waals surface area contributed by atoms with Crippen LogP contribution in [0.15, 0.2) is 51.8 Å². The number of amides is 2. The van der Waals surface area contributed by atoms with Crippen molar-refractivity contribution in [1.29, 1.82) is 0 Å². The van der Waals surface area contributed by atoms with E-state index in [-0.39, 0.29) is 22.2 Å². The first-order valence-electron chi connectivity index (χ1n) is 6.38. The van der Waals surface area contributed by atoms with Crippen LogP contribution >= 0.6 is 50.9 Å². The Bertz CT molecular complexity index is 726. The maximum absolute atomic E-state index is 12.0. The van der Waals surface area contributed by atoms with Gasteiger partial charge in [-0.2, -0.15) is 0 Å². The van der Waals surface area contributed by atoms with Gasteiger partial charge >= 0.3 is 0 Å². The van der Waals surface area contributed by atoms with Crippen molar-refractivity contribution in [1.82, 2.24) is 10.9 Å². The highest BCUT2D eigenvalue weighted by atomic mass is 79.9. The SMILES string of the molecule is O=C(CSc1ccc(Br)cc1)NNC(=O)c1cc(Cl)ccc1Cl. The first kappa shape index (κ1) is 18.1. The molecule has 2 amide bonds. The van der Waals surface area contributed by atoms with Crippen molar-refractivity contribution < 1.29 is 9.59 Å². The van der Waals surface area contributed by atoms with Crippen molar-refractivity contribution in [3.05, 3.63) is 62.5 Å². The maximum atomic E-state index is 12.0. The number of benzene rings is 2. The summed E-state index contributed by atoms with van der Waals surface area (Å²) in [6, 6.07) is 12.1. The molecular weight excluding hydrogens is 423 g/mol. The van der Waals surface area contributed by atoms with Gasteiger partial charge in [-0.3, -0.25) is 20.4 Å². The van der Waals surface area contributed by atoms with Crippen molar-refractivity contribution >= 4 is 62.7 Å². The van der Waals surface area contributed by atoms with Crippen LogP contribution in [0.4, 0.5) is 0 Å². The Balaban J connectivity index is 1.83. The van der Waals surface area contributed by atoms with Crippen molar-refractivity contribution in [3.8, 4) is 0 Å². The number of nitrogens with one attached hydrogen (secondary N) is 2. The number of hydrazine groups is 1. The van der Waals surface area contributed by atoms with Crippen LogP contribution in [-0.2, 0) is 4.79 Å². The lowest BCUT2D eigenvalue weighted by atomic mass is 10.2. The minimum Gasteiger partial charge on any atom is -0.272 e. The van der Waals surface area contributed by atoms with E-state index >= 15 is 0 Å². The van der Waals surface area contributed by atoms with Crippen molar-refractivity contribution in [3.63, 3.8) is 0 Å². The van der Waals surface area contributed by atoms with E-state index in [0.29, 0.717) is 5.02 Å². The molecule has 0 unspecified atom stereocenters. The molecule has 0 atom stereocenters. The van der Waals surface area contributed by atoms with Crippen LogP contribution in [0.25, 0.3) is 0 Å². The molecule has 2 N–H and O–H groups in total. The van der Waals surface area contributed by atoms with Gasteiger partial charge in [0.05, 0.1) is 16.3 Å². The molecule has 0 saturated heterocycles. The highest BCUT2D eigenvalue weighted by Crippen LogP contribution is 2.21. The summed E-state index contributed by atoms with van der Waals surface area (Å²) in [5.74, 6) is -0.686. The zero-order chi connectivity index (χ0) is 16.8. The molecule has 120 valence electrons. The molecule has 4 nitrogen and oxygen atoms in total. The Labute approximate surface area is 156 Å². The fourth-order valence-electron chi connectivity index (χ4n) is 1.58. The fraction of sp³-hybridized carbons (Fsp3) is 0.0667. The maximum Gasteiger partial charge on any atom is 0.271 e. The second-order valence-electron chi connectivity index (χ2n) is 4.37. The summed E-state index contributed by atoms with van der Waals surface area (Å²) < 4.78 is 0.969. The highest BCUT2D eigenvalue weighted by Gasteiger charge is 2.12. The Morgan fingerprint density at radius 1 is 1.04 bits per heavy atom. The quantitative estimate of drug-likeness (QED) is 0.557. The van der Waals surface area contributed by atoms with Gasteiger partial charge in [-0.25, -0.2) is 0 Å². The van der Waals surface area contributed by atoms with Gasteiger partial charge < -0.3 is 0 Å². The van der Waals surface area contributed by atoms with Gasteiger partial charge in [-0.15, -0.1) is 11.8 Å². The molecule has 2 rings (SSSR count). The largest absolute Gasteiger partial charge is 0.272 e. The molecule has 2 aromatic carbocycles. The number of thioether (sulfide) groups is 1.